The quantitative estimate of drug-likeness (QED) is 0.644. The van der Waals surface area contributed by atoms with Crippen LogP contribution in [0.15, 0.2) is 36.5 Å². The molecule has 0 atom stereocenters. The fourth-order valence-electron chi connectivity index (χ4n) is 1.45. The van der Waals surface area contributed by atoms with Crippen LogP contribution in [-0.2, 0) is 0 Å². The van der Waals surface area contributed by atoms with E-state index in [0.717, 1.165) is 12.3 Å². The fourth-order valence-corrected chi connectivity index (χ4v) is 1.45. The Morgan fingerprint density at radius 2 is 1.95 bits per heavy atom. The Morgan fingerprint density at radius 1 is 1.21 bits per heavy atom. The SMILES string of the molecule is Nc1ccc(OCCNc2ncc(F)cc2F)cc1. The molecular weight excluding hydrogens is 252 g/mol. The number of nitrogens with zero attached hydrogens (tertiary/aromatic N) is 1. The Morgan fingerprint density at radius 3 is 2.63 bits per heavy atom. The van der Waals surface area contributed by atoms with Crippen molar-refractivity contribution in [1.82, 2.24) is 4.98 Å². The highest BCUT2D eigenvalue weighted by Crippen LogP contribution is 2.13. The first-order valence-corrected chi connectivity index (χ1v) is 5.68. The van der Waals surface area contributed by atoms with Gasteiger partial charge < -0.3 is 15.8 Å². The van der Waals surface area contributed by atoms with Gasteiger partial charge in [-0.25, -0.2) is 13.8 Å². The number of nitrogen functional groups attached to an aromatic ring is 1. The van der Waals surface area contributed by atoms with E-state index in [1.807, 2.05) is 0 Å². The van der Waals surface area contributed by atoms with Gasteiger partial charge in [-0.05, 0) is 24.3 Å². The van der Waals surface area contributed by atoms with E-state index in [4.69, 9.17) is 10.5 Å². The van der Waals surface area contributed by atoms with Gasteiger partial charge in [-0.3, -0.25) is 0 Å². The Hall–Kier alpha value is -2.37. The summed E-state index contributed by atoms with van der Waals surface area (Å²) in [6, 6.07) is 7.71. The molecule has 19 heavy (non-hydrogen) atoms. The van der Waals surface area contributed by atoms with Crippen molar-refractivity contribution in [3.8, 4) is 5.75 Å². The van der Waals surface area contributed by atoms with Gasteiger partial charge in [0.2, 0.25) is 0 Å². The third-order valence-electron chi connectivity index (χ3n) is 2.35. The van der Waals surface area contributed by atoms with Gasteiger partial charge in [-0.1, -0.05) is 0 Å². The predicted molar refractivity (Wildman–Crippen MR) is 69.0 cm³/mol. The number of ether oxygens (including phenoxy) is 1. The zero-order chi connectivity index (χ0) is 13.7. The van der Waals surface area contributed by atoms with Crippen molar-refractivity contribution in [2.75, 3.05) is 24.2 Å². The summed E-state index contributed by atoms with van der Waals surface area (Å²) in [6.07, 6.45) is 0.951. The molecule has 0 aliphatic carbocycles. The molecule has 0 saturated heterocycles. The third kappa shape index (κ3) is 3.80. The Kier molecular flexibility index (Phi) is 4.12. The van der Waals surface area contributed by atoms with Crippen LogP contribution in [0.3, 0.4) is 0 Å². The van der Waals surface area contributed by atoms with Gasteiger partial charge in [0, 0.05) is 11.8 Å². The Balaban J connectivity index is 1.79. The van der Waals surface area contributed by atoms with Crippen molar-refractivity contribution in [3.63, 3.8) is 0 Å². The number of pyridine rings is 1. The number of nitrogens with one attached hydrogen (secondary N) is 1. The number of benzene rings is 1. The number of hydrogen-bond acceptors (Lipinski definition) is 4. The lowest BCUT2D eigenvalue weighted by Gasteiger charge is -2.08. The second kappa shape index (κ2) is 5.99. The van der Waals surface area contributed by atoms with Crippen molar-refractivity contribution in [3.05, 3.63) is 48.2 Å². The third-order valence-corrected chi connectivity index (χ3v) is 2.35. The molecule has 1 heterocycles. The Bertz CT molecular complexity index is 546. The molecule has 0 unspecified atom stereocenters. The lowest BCUT2D eigenvalue weighted by molar-refractivity contribution is 0.332. The van der Waals surface area contributed by atoms with Gasteiger partial charge in [-0.15, -0.1) is 0 Å². The smallest absolute Gasteiger partial charge is 0.168 e. The van der Waals surface area contributed by atoms with Crippen LogP contribution < -0.4 is 15.8 Å². The molecule has 0 spiro atoms. The van der Waals surface area contributed by atoms with Crippen molar-refractivity contribution in [2.45, 2.75) is 0 Å². The van der Waals surface area contributed by atoms with E-state index in [2.05, 4.69) is 10.3 Å². The van der Waals surface area contributed by atoms with Crippen LogP contribution in [0.2, 0.25) is 0 Å². The number of nitrogens with two attached hydrogens (primary N) is 1. The molecule has 1 aromatic carbocycles. The molecule has 0 aliphatic heterocycles. The zero-order valence-electron chi connectivity index (χ0n) is 10.1. The first kappa shape index (κ1) is 13.1. The van der Waals surface area contributed by atoms with Gasteiger partial charge in [0.05, 0.1) is 12.7 Å². The lowest BCUT2D eigenvalue weighted by Crippen LogP contribution is -2.13. The van der Waals surface area contributed by atoms with Crippen LogP contribution in [-0.4, -0.2) is 18.1 Å². The molecule has 0 amide bonds. The van der Waals surface area contributed by atoms with Crippen LogP contribution >= 0.6 is 0 Å². The molecule has 0 aliphatic rings. The molecule has 0 radical (unpaired) electrons. The molecular formula is C13H13F2N3O. The fraction of sp³-hybridized carbons (Fsp3) is 0.154. The summed E-state index contributed by atoms with van der Waals surface area (Å²) in [5, 5.41) is 2.72. The summed E-state index contributed by atoms with van der Waals surface area (Å²) in [7, 11) is 0. The van der Waals surface area contributed by atoms with Gasteiger partial charge >= 0.3 is 0 Å². The minimum Gasteiger partial charge on any atom is -0.492 e. The highest BCUT2D eigenvalue weighted by molar-refractivity contribution is 5.41. The number of anilines is 2. The van der Waals surface area contributed by atoms with Crippen LogP contribution in [0.1, 0.15) is 0 Å². The Labute approximate surface area is 109 Å². The van der Waals surface area contributed by atoms with E-state index < -0.39 is 11.6 Å². The average Bonchev–Trinajstić information content (AvgIpc) is 2.39. The summed E-state index contributed by atoms with van der Waals surface area (Å²) in [6.45, 7) is 0.669. The van der Waals surface area contributed by atoms with Gasteiger partial charge in [0.15, 0.2) is 11.6 Å². The lowest BCUT2D eigenvalue weighted by atomic mass is 10.3. The van der Waals surface area contributed by atoms with Crippen LogP contribution in [0.25, 0.3) is 0 Å². The molecule has 3 N–H and O–H groups in total. The molecule has 2 rings (SSSR count). The second-order valence-electron chi connectivity index (χ2n) is 3.83. The van der Waals surface area contributed by atoms with E-state index in [0.29, 0.717) is 24.6 Å². The summed E-state index contributed by atoms with van der Waals surface area (Å²) >= 11 is 0. The first-order valence-electron chi connectivity index (χ1n) is 5.68. The molecule has 1 aromatic heterocycles. The monoisotopic (exact) mass is 265 g/mol. The average molecular weight is 265 g/mol. The van der Waals surface area contributed by atoms with Gasteiger partial charge in [0.1, 0.15) is 18.2 Å². The van der Waals surface area contributed by atoms with E-state index >= 15 is 0 Å². The molecule has 0 bridgehead atoms. The summed E-state index contributed by atoms with van der Waals surface area (Å²) < 4.78 is 31.3. The number of aromatic nitrogens is 1. The zero-order valence-corrected chi connectivity index (χ0v) is 10.1. The van der Waals surface area contributed by atoms with E-state index in [9.17, 15) is 8.78 Å². The topological polar surface area (TPSA) is 60.2 Å². The molecule has 6 heteroatoms. The molecule has 2 aromatic rings. The van der Waals surface area contributed by atoms with Crippen molar-refractivity contribution in [2.24, 2.45) is 0 Å². The highest BCUT2D eigenvalue weighted by atomic mass is 19.1. The number of halogens is 2. The van der Waals surface area contributed by atoms with Gasteiger partial charge in [-0.2, -0.15) is 0 Å². The van der Waals surface area contributed by atoms with Crippen molar-refractivity contribution in [1.29, 1.82) is 0 Å². The second-order valence-corrected chi connectivity index (χ2v) is 3.83. The maximum atomic E-state index is 13.2. The van der Waals surface area contributed by atoms with Crippen LogP contribution in [0, 0.1) is 11.6 Å². The van der Waals surface area contributed by atoms with Gasteiger partial charge in [0.25, 0.3) is 0 Å². The van der Waals surface area contributed by atoms with E-state index in [-0.39, 0.29) is 5.82 Å². The number of hydrogen-bond donors (Lipinski definition) is 2. The maximum absolute atomic E-state index is 13.2. The van der Waals surface area contributed by atoms with E-state index in [1.54, 1.807) is 24.3 Å². The summed E-state index contributed by atoms with van der Waals surface area (Å²) in [4.78, 5) is 3.60. The first-order chi connectivity index (χ1) is 9.15. The summed E-state index contributed by atoms with van der Waals surface area (Å²) in [5.74, 6) is -0.764. The molecule has 100 valence electrons. The molecule has 0 saturated carbocycles. The molecule has 0 fully saturated rings. The van der Waals surface area contributed by atoms with E-state index in [1.165, 1.54) is 0 Å². The minimum absolute atomic E-state index is 0.00214. The maximum Gasteiger partial charge on any atom is 0.168 e. The summed E-state index contributed by atoms with van der Waals surface area (Å²) in [5.41, 5.74) is 6.19. The largest absolute Gasteiger partial charge is 0.492 e. The van der Waals surface area contributed by atoms with Crippen LogP contribution in [0.5, 0.6) is 5.75 Å². The molecule has 4 nitrogen and oxygen atoms in total. The van der Waals surface area contributed by atoms with Crippen molar-refractivity contribution >= 4 is 11.5 Å². The standard InChI is InChI=1S/C13H13F2N3O/c14-9-7-12(15)13(18-8-9)17-5-6-19-11-3-1-10(16)2-4-11/h1-4,7-8H,5-6,16H2,(H,17,18). The normalized spacial score (nSPS) is 10.2. The predicted octanol–water partition coefficient (Wildman–Crippen LogP) is 2.43. The number of rotatable bonds is 5. The minimum atomic E-state index is -0.729. The highest BCUT2D eigenvalue weighted by Gasteiger charge is 2.04. The van der Waals surface area contributed by atoms with Crippen LogP contribution in [0.4, 0.5) is 20.3 Å². The van der Waals surface area contributed by atoms with Crippen molar-refractivity contribution < 1.29 is 13.5 Å².